The second-order valence-corrected chi connectivity index (χ2v) is 6.46. The molecular weight excluding hydrogens is 339 g/mol. The van der Waals surface area contributed by atoms with Gasteiger partial charge in [0.25, 0.3) is 5.91 Å². The summed E-state index contributed by atoms with van der Waals surface area (Å²) in [7, 11) is 1.32. The van der Waals surface area contributed by atoms with Crippen LogP contribution in [0, 0.1) is 11.7 Å². The van der Waals surface area contributed by atoms with E-state index in [0.717, 1.165) is 39.3 Å². The van der Waals surface area contributed by atoms with Crippen LogP contribution < -0.4 is 0 Å². The van der Waals surface area contributed by atoms with Gasteiger partial charge >= 0.3 is 5.97 Å². The molecule has 1 unspecified atom stereocenters. The Balaban J connectivity index is 2.01. The molecule has 0 radical (unpaired) electrons. The summed E-state index contributed by atoms with van der Waals surface area (Å²) in [6.07, 6.45) is 0.744. The van der Waals surface area contributed by atoms with E-state index in [4.69, 9.17) is 9.47 Å². The molecule has 6 nitrogen and oxygen atoms in total. The van der Waals surface area contributed by atoms with Crippen molar-refractivity contribution < 1.29 is 23.5 Å². The van der Waals surface area contributed by atoms with E-state index in [0.29, 0.717) is 6.54 Å². The van der Waals surface area contributed by atoms with Gasteiger partial charge in [0.05, 0.1) is 31.8 Å². The summed E-state index contributed by atoms with van der Waals surface area (Å²) in [6, 6.07) is 5.91. The maximum absolute atomic E-state index is 14.0. The maximum atomic E-state index is 14.0. The first-order chi connectivity index (χ1) is 12.5. The third kappa shape index (κ3) is 5.78. The monoisotopic (exact) mass is 366 g/mol. The lowest BCUT2D eigenvalue weighted by atomic mass is 10.1. The lowest BCUT2D eigenvalue weighted by Crippen LogP contribution is -2.41. The smallest absolute Gasteiger partial charge is 0.310 e. The van der Waals surface area contributed by atoms with Gasteiger partial charge in [0.2, 0.25) is 0 Å². The van der Waals surface area contributed by atoms with Crippen molar-refractivity contribution in [1.29, 1.82) is 0 Å². The molecule has 1 aliphatic heterocycles. The molecule has 1 saturated heterocycles. The molecule has 1 heterocycles. The van der Waals surface area contributed by atoms with Gasteiger partial charge in [-0.25, -0.2) is 4.39 Å². The molecular formula is C19H27FN2O4. The predicted molar refractivity (Wildman–Crippen MR) is 95.4 cm³/mol. The fourth-order valence-corrected chi connectivity index (χ4v) is 3.00. The van der Waals surface area contributed by atoms with Gasteiger partial charge in [-0.1, -0.05) is 19.1 Å². The quantitative estimate of drug-likeness (QED) is 0.657. The third-order valence-electron chi connectivity index (χ3n) is 4.50. The van der Waals surface area contributed by atoms with Crippen molar-refractivity contribution in [3.8, 4) is 0 Å². The Kier molecular flexibility index (Phi) is 8.00. The molecule has 26 heavy (non-hydrogen) atoms. The number of esters is 1. The molecule has 1 aromatic carbocycles. The number of morpholine rings is 1. The maximum Gasteiger partial charge on any atom is 0.310 e. The topological polar surface area (TPSA) is 59.1 Å². The number of hydrogen-bond donors (Lipinski definition) is 0. The molecule has 144 valence electrons. The van der Waals surface area contributed by atoms with E-state index in [9.17, 15) is 14.0 Å². The molecule has 1 aromatic rings. The van der Waals surface area contributed by atoms with E-state index in [-0.39, 0.29) is 18.1 Å². The van der Waals surface area contributed by atoms with Gasteiger partial charge in [0.1, 0.15) is 5.82 Å². The number of hydrogen-bond acceptors (Lipinski definition) is 5. The largest absolute Gasteiger partial charge is 0.469 e. The summed E-state index contributed by atoms with van der Waals surface area (Å²) in [5.74, 6) is -1.81. The molecule has 2 rings (SSSR count). The standard InChI is InChI=1S/C19H27FN2O4/c1-15(19(24)25-2)14-22(9-5-8-21-10-12-26-13-11-21)18(23)16-6-3-4-7-17(16)20/h3-4,6-7,15H,5,8-14H2,1-2H3. The minimum atomic E-state index is -0.554. The molecule has 0 N–H and O–H groups in total. The van der Waals surface area contributed by atoms with Crippen LogP contribution in [0.4, 0.5) is 4.39 Å². The fourth-order valence-electron chi connectivity index (χ4n) is 3.00. The van der Waals surface area contributed by atoms with Crippen LogP contribution in [0.25, 0.3) is 0 Å². The van der Waals surface area contributed by atoms with E-state index in [1.54, 1.807) is 24.0 Å². The zero-order valence-corrected chi connectivity index (χ0v) is 15.4. The number of amides is 1. The highest BCUT2D eigenvalue weighted by Crippen LogP contribution is 2.13. The summed E-state index contributed by atoms with van der Waals surface area (Å²) in [5, 5.41) is 0. The number of carbonyl (C=O) groups excluding carboxylic acids is 2. The van der Waals surface area contributed by atoms with Crippen molar-refractivity contribution in [3.63, 3.8) is 0 Å². The number of benzene rings is 1. The Morgan fingerprint density at radius 3 is 2.65 bits per heavy atom. The van der Waals surface area contributed by atoms with Crippen molar-refractivity contribution in [1.82, 2.24) is 9.80 Å². The number of carbonyl (C=O) groups is 2. The molecule has 0 aromatic heterocycles. The van der Waals surface area contributed by atoms with Crippen LogP contribution in [-0.4, -0.2) is 74.7 Å². The van der Waals surface area contributed by atoms with Crippen LogP contribution in [0.15, 0.2) is 24.3 Å². The van der Waals surface area contributed by atoms with Gasteiger partial charge < -0.3 is 14.4 Å². The van der Waals surface area contributed by atoms with Gasteiger partial charge in [-0.2, -0.15) is 0 Å². The van der Waals surface area contributed by atoms with E-state index in [2.05, 4.69) is 4.90 Å². The molecule has 0 spiro atoms. The van der Waals surface area contributed by atoms with Gasteiger partial charge in [0, 0.05) is 32.7 Å². The summed E-state index contributed by atoms with van der Waals surface area (Å²) in [5.41, 5.74) is 0.0240. The molecule has 1 amide bonds. The Bertz CT molecular complexity index is 605. The van der Waals surface area contributed by atoms with Crippen molar-refractivity contribution in [2.24, 2.45) is 5.92 Å². The Labute approximate surface area is 153 Å². The summed E-state index contributed by atoms with van der Waals surface area (Å²) < 4.78 is 24.1. The average molecular weight is 366 g/mol. The Morgan fingerprint density at radius 1 is 1.31 bits per heavy atom. The van der Waals surface area contributed by atoms with Crippen LogP contribution in [0.5, 0.6) is 0 Å². The molecule has 0 saturated carbocycles. The number of ether oxygens (including phenoxy) is 2. The third-order valence-corrected chi connectivity index (χ3v) is 4.50. The molecule has 7 heteroatoms. The van der Waals surface area contributed by atoms with Crippen LogP contribution >= 0.6 is 0 Å². The minimum Gasteiger partial charge on any atom is -0.469 e. The summed E-state index contributed by atoms with van der Waals surface area (Å²) in [6.45, 7) is 6.37. The predicted octanol–water partition coefficient (Wildman–Crippen LogP) is 1.80. The van der Waals surface area contributed by atoms with Gasteiger partial charge in [-0.3, -0.25) is 14.5 Å². The van der Waals surface area contributed by atoms with Crippen LogP contribution in [0.1, 0.15) is 23.7 Å². The first kappa shape index (κ1) is 20.3. The van der Waals surface area contributed by atoms with Crippen molar-refractivity contribution >= 4 is 11.9 Å². The van der Waals surface area contributed by atoms with Crippen molar-refractivity contribution in [3.05, 3.63) is 35.6 Å². The second kappa shape index (κ2) is 10.2. The highest BCUT2D eigenvalue weighted by atomic mass is 19.1. The Hall–Kier alpha value is -1.99. The average Bonchev–Trinajstić information content (AvgIpc) is 2.67. The van der Waals surface area contributed by atoms with E-state index >= 15 is 0 Å². The number of halogens is 1. The first-order valence-corrected chi connectivity index (χ1v) is 8.94. The molecule has 1 atom stereocenters. The van der Waals surface area contributed by atoms with Gasteiger partial charge in [-0.05, 0) is 18.6 Å². The number of nitrogens with zero attached hydrogens (tertiary/aromatic N) is 2. The highest BCUT2D eigenvalue weighted by molar-refractivity contribution is 5.94. The molecule has 1 aliphatic rings. The lowest BCUT2D eigenvalue weighted by molar-refractivity contribution is -0.145. The highest BCUT2D eigenvalue weighted by Gasteiger charge is 2.24. The van der Waals surface area contributed by atoms with Crippen LogP contribution in [0.3, 0.4) is 0 Å². The van der Waals surface area contributed by atoms with E-state index in [1.807, 2.05) is 0 Å². The van der Waals surface area contributed by atoms with E-state index < -0.39 is 17.6 Å². The molecule has 0 aliphatic carbocycles. The lowest BCUT2D eigenvalue weighted by Gasteiger charge is -2.29. The minimum absolute atomic E-state index is 0.0240. The zero-order valence-electron chi connectivity index (χ0n) is 15.4. The Morgan fingerprint density at radius 2 is 2.00 bits per heavy atom. The van der Waals surface area contributed by atoms with Crippen LogP contribution in [-0.2, 0) is 14.3 Å². The molecule has 0 bridgehead atoms. The van der Waals surface area contributed by atoms with E-state index in [1.165, 1.54) is 19.2 Å². The second-order valence-electron chi connectivity index (χ2n) is 6.46. The van der Waals surface area contributed by atoms with Crippen LogP contribution in [0.2, 0.25) is 0 Å². The normalized spacial score (nSPS) is 16.1. The van der Waals surface area contributed by atoms with Gasteiger partial charge in [-0.15, -0.1) is 0 Å². The van der Waals surface area contributed by atoms with Crippen molar-refractivity contribution in [2.45, 2.75) is 13.3 Å². The SMILES string of the molecule is COC(=O)C(C)CN(CCCN1CCOCC1)C(=O)c1ccccc1F. The van der Waals surface area contributed by atoms with Gasteiger partial charge in [0.15, 0.2) is 0 Å². The molecule has 1 fully saturated rings. The number of rotatable bonds is 8. The zero-order chi connectivity index (χ0) is 18.9. The summed E-state index contributed by atoms with van der Waals surface area (Å²) in [4.78, 5) is 28.4. The first-order valence-electron chi connectivity index (χ1n) is 8.94. The number of methoxy groups -OCH3 is 1. The fraction of sp³-hybridized carbons (Fsp3) is 0.579. The summed E-state index contributed by atoms with van der Waals surface area (Å²) >= 11 is 0. The van der Waals surface area contributed by atoms with Crippen molar-refractivity contribution in [2.75, 3.05) is 53.0 Å².